The molecule has 1 atom stereocenters. The van der Waals surface area contributed by atoms with Crippen LogP contribution < -0.4 is 0 Å². The van der Waals surface area contributed by atoms with Gasteiger partial charge in [0.25, 0.3) is 0 Å². The molecule has 0 fully saturated rings. The Morgan fingerprint density at radius 1 is 1.12 bits per heavy atom. The van der Waals surface area contributed by atoms with Gasteiger partial charge in [-0.05, 0) is 30.2 Å². The SMILES string of the molecule is C=C[C@](CCC)(N=Cc1cc(C(F)(F)F)cc(C(F)(F)F)c1)C(=O)OC. The highest BCUT2D eigenvalue weighted by Crippen LogP contribution is 2.36. The van der Waals surface area contributed by atoms with Gasteiger partial charge in [0.15, 0.2) is 5.54 Å². The van der Waals surface area contributed by atoms with Crippen molar-refractivity contribution in [2.75, 3.05) is 7.11 Å². The van der Waals surface area contributed by atoms with Crippen LogP contribution in [0.25, 0.3) is 0 Å². The molecule has 9 heteroatoms. The average Bonchev–Trinajstić information content (AvgIpc) is 2.56. The molecule has 0 unspecified atom stereocenters. The molecule has 3 nitrogen and oxygen atoms in total. The molecule has 1 aromatic carbocycles. The van der Waals surface area contributed by atoms with Crippen molar-refractivity contribution in [3.05, 3.63) is 47.5 Å². The number of ether oxygens (including phenoxy) is 1. The fraction of sp³-hybridized carbons (Fsp3) is 0.412. The van der Waals surface area contributed by atoms with Crippen LogP contribution in [0.15, 0.2) is 35.8 Å². The van der Waals surface area contributed by atoms with Crippen LogP contribution in [0.2, 0.25) is 0 Å². The summed E-state index contributed by atoms with van der Waals surface area (Å²) in [6, 6.07) is 1.07. The van der Waals surface area contributed by atoms with E-state index < -0.39 is 40.6 Å². The maximum absolute atomic E-state index is 12.9. The summed E-state index contributed by atoms with van der Waals surface area (Å²) in [5.74, 6) is -0.811. The molecule has 0 heterocycles. The fourth-order valence-electron chi connectivity index (χ4n) is 2.26. The number of benzene rings is 1. The number of nitrogens with zero attached hydrogens (tertiary/aromatic N) is 1. The number of hydrogen-bond acceptors (Lipinski definition) is 3. The van der Waals surface area contributed by atoms with E-state index in [1.54, 1.807) is 6.92 Å². The second-order valence-electron chi connectivity index (χ2n) is 5.47. The van der Waals surface area contributed by atoms with Crippen LogP contribution in [0.3, 0.4) is 0 Å². The molecule has 0 aliphatic rings. The highest BCUT2D eigenvalue weighted by Gasteiger charge is 2.37. The lowest BCUT2D eigenvalue weighted by molar-refractivity contribution is -0.145. The molecule has 144 valence electrons. The second-order valence-corrected chi connectivity index (χ2v) is 5.47. The van der Waals surface area contributed by atoms with Gasteiger partial charge in [-0.15, -0.1) is 6.58 Å². The lowest BCUT2D eigenvalue weighted by Gasteiger charge is -2.22. The smallest absolute Gasteiger partial charge is 0.416 e. The molecule has 0 spiro atoms. The van der Waals surface area contributed by atoms with E-state index in [0.717, 1.165) is 19.4 Å². The van der Waals surface area contributed by atoms with Gasteiger partial charge >= 0.3 is 18.3 Å². The number of carbonyl (C=O) groups is 1. The van der Waals surface area contributed by atoms with E-state index in [2.05, 4.69) is 16.3 Å². The summed E-state index contributed by atoms with van der Waals surface area (Å²) >= 11 is 0. The number of halogens is 6. The van der Waals surface area contributed by atoms with Crippen LogP contribution in [0.5, 0.6) is 0 Å². The summed E-state index contributed by atoms with van der Waals surface area (Å²) in [5.41, 5.74) is -4.97. The van der Waals surface area contributed by atoms with Gasteiger partial charge in [-0.3, -0.25) is 4.99 Å². The molecule has 1 rings (SSSR count). The van der Waals surface area contributed by atoms with Gasteiger partial charge in [0.1, 0.15) is 0 Å². The normalized spacial score (nSPS) is 14.9. The molecule has 1 aromatic rings. The Labute approximate surface area is 146 Å². The number of rotatable bonds is 6. The molecule has 0 aliphatic carbocycles. The standard InChI is InChI=1S/C17H17F6NO2/c1-4-6-15(5-2,14(25)26-3)24-10-11-7-12(16(18,19)20)9-13(8-11)17(21,22)23/h5,7-10H,2,4,6H2,1,3H3/t15-/m1/s1. The Hall–Kier alpha value is -2.32. The minimum atomic E-state index is -4.97. The molecule has 0 radical (unpaired) electrons. The Morgan fingerprint density at radius 3 is 1.96 bits per heavy atom. The molecule has 0 aliphatic heterocycles. The van der Waals surface area contributed by atoms with Crippen LogP contribution in [0, 0.1) is 0 Å². The van der Waals surface area contributed by atoms with Crippen molar-refractivity contribution in [2.24, 2.45) is 4.99 Å². The van der Waals surface area contributed by atoms with Gasteiger partial charge in [-0.1, -0.05) is 19.4 Å². The Bertz CT molecular complexity index is 661. The number of hydrogen-bond donors (Lipinski definition) is 0. The minimum absolute atomic E-state index is 0.0183. The van der Waals surface area contributed by atoms with E-state index in [9.17, 15) is 31.1 Å². The molecule has 0 saturated carbocycles. The first-order valence-electron chi connectivity index (χ1n) is 7.46. The summed E-state index contributed by atoms with van der Waals surface area (Å²) < 4.78 is 81.9. The molecule has 0 bridgehead atoms. The van der Waals surface area contributed by atoms with Crippen LogP contribution in [0.1, 0.15) is 36.5 Å². The van der Waals surface area contributed by atoms with E-state index in [0.29, 0.717) is 18.6 Å². The summed E-state index contributed by atoms with van der Waals surface area (Å²) in [5, 5.41) is 0. The third-order valence-corrected chi connectivity index (χ3v) is 3.56. The lowest BCUT2D eigenvalue weighted by Crippen LogP contribution is -2.35. The van der Waals surface area contributed by atoms with E-state index >= 15 is 0 Å². The van der Waals surface area contributed by atoms with E-state index in [1.165, 1.54) is 0 Å². The van der Waals surface area contributed by atoms with Gasteiger partial charge < -0.3 is 4.74 Å². The molecule has 0 saturated heterocycles. The van der Waals surface area contributed by atoms with Gasteiger partial charge in [0.05, 0.1) is 18.2 Å². The molecule has 0 aromatic heterocycles. The number of carbonyl (C=O) groups excluding carboxylic acids is 1. The Morgan fingerprint density at radius 2 is 1.62 bits per heavy atom. The van der Waals surface area contributed by atoms with Gasteiger partial charge in [-0.25, -0.2) is 4.79 Å². The second kappa shape index (κ2) is 7.92. The number of aliphatic imine (C=N–C) groups is 1. The molecular formula is C17H17F6NO2. The van der Waals surface area contributed by atoms with Crippen LogP contribution >= 0.6 is 0 Å². The van der Waals surface area contributed by atoms with Crippen molar-refractivity contribution in [1.82, 2.24) is 0 Å². The van der Waals surface area contributed by atoms with Gasteiger partial charge in [-0.2, -0.15) is 26.3 Å². The van der Waals surface area contributed by atoms with Crippen LogP contribution in [-0.2, 0) is 21.9 Å². The zero-order valence-electron chi connectivity index (χ0n) is 14.0. The van der Waals surface area contributed by atoms with E-state index in [4.69, 9.17) is 0 Å². The van der Waals surface area contributed by atoms with Crippen molar-refractivity contribution in [2.45, 2.75) is 37.7 Å². The number of esters is 1. The van der Waals surface area contributed by atoms with Crippen LogP contribution in [0.4, 0.5) is 26.3 Å². The first-order valence-corrected chi connectivity index (χ1v) is 7.46. The summed E-state index contributed by atoms with van der Waals surface area (Å²) in [6.45, 7) is 5.20. The quantitative estimate of drug-likeness (QED) is 0.300. The van der Waals surface area contributed by atoms with Gasteiger partial charge in [0, 0.05) is 6.21 Å². The van der Waals surface area contributed by atoms with Crippen molar-refractivity contribution in [1.29, 1.82) is 0 Å². The van der Waals surface area contributed by atoms with Gasteiger partial charge in [0.2, 0.25) is 0 Å². The van der Waals surface area contributed by atoms with Crippen molar-refractivity contribution < 1.29 is 35.9 Å². The fourth-order valence-corrected chi connectivity index (χ4v) is 2.26. The molecule has 0 N–H and O–H groups in total. The highest BCUT2D eigenvalue weighted by molar-refractivity contribution is 5.88. The number of methoxy groups -OCH3 is 1. The van der Waals surface area contributed by atoms with Crippen molar-refractivity contribution >= 4 is 12.2 Å². The van der Waals surface area contributed by atoms with E-state index in [1.807, 2.05) is 0 Å². The molecule has 26 heavy (non-hydrogen) atoms. The molecule has 0 amide bonds. The summed E-state index contributed by atoms with van der Waals surface area (Å²) in [6.07, 6.45) is -7.41. The molecular weight excluding hydrogens is 364 g/mol. The predicted octanol–water partition coefficient (Wildman–Crippen LogP) is 5.04. The first-order chi connectivity index (χ1) is 11.9. The highest BCUT2D eigenvalue weighted by atomic mass is 19.4. The van der Waals surface area contributed by atoms with Crippen molar-refractivity contribution in [3.63, 3.8) is 0 Å². The zero-order chi connectivity index (χ0) is 20.2. The Balaban J connectivity index is 3.47. The van der Waals surface area contributed by atoms with E-state index in [-0.39, 0.29) is 12.5 Å². The lowest BCUT2D eigenvalue weighted by atomic mass is 9.94. The third-order valence-electron chi connectivity index (χ3n) is 3.56. The maximum atomic E-state index is 12.9. The third kappa shape index (κ3) is 5.09. The average molecular weight is 381 g/mol. The first kappa shape index (κ1) is 21.7. The monoisotopic (exact) mass is 381 g/mol. The maximum Gasteiger partial charge on any atom is 0.416 e. The summed E-state index contributed by atoms with van der Waals surface area (Å²) in [4.78, 5) is 15.9. The largest absolute Gasteiger partial charge is 0.467 e. The van der Waals surface area contributed by atoms with Crippen LogP contribution in [-0.4, -0.2) is 24.8 Å². The Kier molecular flexibility index (Phi) is 6.62. The summed E-state index contributed by atoms with van der Waals surface area (Å²) in [7, 11) is 1.10. The minimum Gasteiger partial charge on any atom is -0.467 e. The number of alkyl halides is 6. The topological polar surface area (TPSA) is 38.7 Å². The zero-order valence-corrected chi connectivity index (χ0v) is 14.0. The van der Waals surface area contributed by atoms with Crippen molar-refractivity contribution in [3.8, 4) is 0 Å². The predicted molar refractivity (Wildman–Crippen MR) is 83.9 cm³/mol.